The number of benzene rings is 1. The van der Waals surface area contributed by atoms with Crippen molar-refractivity contribution in [2.45, 2.75) is 18.9 Å². The predicted octanol–water partition coefficient (Wildman–Crippen LogP) is 2.67. The van der Waals surface area contributed by atoms with E-state index in [1.807, 2.05) is 0 Å². The third-order valence-corrected chi connectivity index (χ3v) is 2.48. The van der Waals surface area contributed by atoms with Gasteiger partial charge in [-0.25, -0.2) is 4.79 Å². The van der Waals surface area contributed by atoms with Crippen molar-refractivity contribution in [3.8, 4) is 5.75 Å². The zero-order chi connectivity index (χ0) is 16.9. The quantitative estimate of drug-likeness (QED) is 0.817. The number of carbonyl (C=O) groups is 1. The van der Waals surface area contributed by atoms with E-state index in [-0.39, 0.29) is 11.4 Å². The highest BCUT2D eigenvalue weighted by Crippen LogP contribution is 2.21. The molecule has 2 N–H and O–H groups in total. The number of nitrogens with one attached hydrogen (secondary N) is 1. The van der Waals surface area contributed by atoms with E-state index in [2.05, 4.69) is 10.1 Å². The molecule has 1 aromatic rings. The number of alkyl halides is 5. The zero-order valence-electron chi connectivity index (χ0n) is 11.3. The molecule has 1 unspecified atom stereocenters. The topological polar surface area (TPSA) is 61.8 Å². The van der Waals surface area contributed by atoms with Gasteiger partial charge >= 0.3 is 18.8 Å². The maximum absolute atomic E-state index is 12.2. The Bertz CT molecular complexity index is 510. The molecule has 0 aliphatic heterocycles. The standard InChI is InChI=1S/C12H13F5N2O3/c1-19(6-9(20)12(15,16)17)11(21)18-7-3-2-4-8(5-7)22-10(13)14/h2-5,9-10,20H,6H2,1H3,(H,18,21). The number of nitrogens with zero attached hydrogens (tertiary/aromatic N) is 1. The summed E-state index contributed by atoms with van der Waals surface area (Å²) in [5.41, 5.74) is 0.0523. The molecule has 0 radical (unpaired) electrons. The number of halogens is 5. The summed E-state index contributed by atoms with van der Waals surface area (Å²) in [6.07, 6.45) is -7.53. The molecule has 124 valence electrons. The smallest absolute Gasteiger partial charge is 0.416 e. The molecule has 0 fully saturated rings. The van der Waals surface area contributed by atoms with Crippen LogP contribution in [0.15, 0.2) is 24.3 Å². The molecule has 22 heavy (non-hydrogen) atoms. The summed E-state index contributed by atoms with van der Waals surface area (Å²) in [6, 6.07) is 4.01. The molecular formula is C12H13F5N2O3. The molecule has 0 saturated carbocycles. The first-order valence-electron chi connectivity index (χ1n) is 5.91. The minimum absolute atomic E-state index is 0.0523. The van der Waals surface area contributed by atoms with Gasteiger partial charge in [-0.05, 0) is 12.1 Å². The molecule has 1 atom stereocenters. The van der Waals surface area contributed by atoms with Crippen molar-refractivity contribution in [1.29, 1.82) is 0 Å². The van der Waals surface area contributed by atoms with E-state index in [0.717, 1.165) is 13.1 Å². The molecule has 0 aliphatic rings. The summed E-state index contributed by atoms with van der Waals surface area (Å²) in [5.74, 6) is -0.217. The average Bonchev–Trinajstić information content (AvgIpc) is 2.36. The Morgan fingerprint density at radius 3 is 2.59 bits per heavy atom. The number of rotatable bonds is 5. The molecule has 1 aromatic carbocycles. The van der Waals surface area contributed by atoms with Crippen molar-refractivity contribution >= 4 is 11.7 Å². The van der Waals surface area contributed by atoms with Gasteiger partial charge < -0.3 is 20.1 Å². The third-order valence-electron chi connectivity index (χ3n) is 2.48. The first-order valence-corrected chi connectivity index (χ1v) is 5.91. The Labute approximate surface area is 122 Å². The molecule has 0 aromatic heterocycles. The number of aliphatic hydroxyl groups excluding tert-OH is 1. The number of carbonyl (C=O) groups excluding carboxylic acids is 1. The molecular weight excluding hydrogens is 315 g/mol. The Hall–Kier alpha value is -2.10. The maximum Gasteiger partial charge on any atom is 0.416 e. The number of hydrogen-bond acceptors (Lipinski definition) is 3. The second kappa shape index (κ2) is 7.25. The lowest BCUT2D eigenvalue weighted by molar-refractivity contribution is -0.205. The fourth-order valence-electron chi connectivity index (χ4n) is 1.41. The normalized spacial score (nSPS) is 12.9. The maximum atomic E-state index is 12.2. The van der Waals surface area contributed by atoms with Crippen LogP contribution in [0.4, 0.5) is 32.4 Å². The van der Waals surface area contributed by atoms with Crippen molar-refractivity contribution in [2.75, 3.05) is 18.9 Å². The molecule has 1 rings (SSSR count). The summed E-state index contributed by atoms with van der Waals surface area (Å²) in [7, 11) is 1.05. The minimum atomic E-state index is -4.85. The number of likely N-dealkylation sites (N-methyl/N-ethyl adjacent to an activating group) is 1. The van der Waals surface area contributed by atoms with E-state index < -0.39 is 31.5 Å². The van der Waals surface area contributed by atoms with Crippen LogP contribution in [0.1, 0.15) is 0 Å². The van der Waals surface area contributed by atoms with Crippen molar-refractivity contribution in [2.24, 2.45) is 0 Å². The van der Waals surface area contributed by atoms with Gasteiger partial charge in [0, 0.05) is 18.8 Å². The Morgan fingerprint density at radius 2 is 2.05 bits per heavy atom. The van der Waals surface area contributed by atoms with Crippen LogP contribution in [0.2, 0.25) is 0 Å². The summed E-state index contributed by atoms with van der Waals surface area (Å²) in [6.45, 7) is -4.02. The van der Waals surface area contributed by atoms with E-state index in [0.29, 0.717) is 4.90 Å². The lowest BCUT2D eigenvalue weighted by atomic mass is 10.3. The van der Waals surface area contributed by atoms with Gasteiger partial charge in [0.1, 0.15) is 5.75 Å². The fraction of sp³-hybridized carbons (Fsp3) is 0.417. The van der Waals surface area contributed by atoms with Crippen LogP contribution in [0.25, 0.3) is 0 Å². The van der Waals surface area contributed by atoms with E-state index in [1.165, 1.54) is 18.2 Å². The van der Waals surface area contributed by atoms with Gasteiger partial charge in [-0.2, -0.15) is 22.0 Å². The predicted molar refractivity (Wildman–Crippen MR) is 66.8 cm³/mol. The molecule has 0 saturated heterocycles. The number of hydrogen-bond donors (Lipinski definition) is 2. The van der Waals surface area contributed by atoms with Crippen LogP contribution < -0.4 is 10.1 Å². The van der Waals surface area contributed by atoms with Crippen LogP contribution in [-0.2, 0) is 0 Å². The van der Waals surface area contributed by atoms with Crippen LogP contribution in [-0.4, -0.2) is 48.5 Å². The molecule has 2 amide bonds. The van der Waals surface area contributed by atoms with Crippen LogP contribution >= 0.6 is 0 Å². The lowest BCUT2D eigenvalue weighted by Crippen LogP contribution is -2.43. The van der Waals surface area contributed by atoms with Crippen LogP contribution in [0, 0.1) is 0 Å². The molecule has 10 heteroatoms. The van der Waals surface area contributed by atoms with E-state index >= 15 is 0 Å². The first-order chi connectivity index (χ1) is 10.1. The van der Waals surface area contributed by atoms with E-state index in [9.17, 15) is 26.7 Å². The third kappa shape index (κ3) is 5.72. The number of amides is 2. The van der Waals surface area contributed by atoms with Crippen molar-refractivity contribution in [3.05, 3.63) is 24.3 Å². The summed E-state index contributed by atoms with van der Waals surface area (Å²) < 4.78 is 64.7. The van der Waals surface area contributed by atoms with Crippen molar-refractivity contribution < 1.29 is 36.6 Å². The highest BCUT2D eigenvalue weighted by molar-refractivity contribution is 5.89. The monoisotopic (exact) mass is 328 g/mol. The zero-order valence-corrected chi connectivity index (χ0v) is 11.3. The highest BCUT2D eigenvalue weighted by atomic mass is 19.4. The summed E-state index contributed by atoms with van der Waals surface area (Å²) in [4.78, 5) is 12.3. The Balaban J connectivity index is 2.64. The summed E-state index contributed by atoms with van der Waals surface area (Å²) in [5, 5.41) is 11.1. The van der Waals surface area contributed by atoms with E-state index in [4.69, 9.17) is 5.11 Å². The average molecular weight is 328 g/mol. The van der Waals surface area contributed by atoms with Gasteiger partial charge in [0.2, 0.25) is 0 Å². The SMILES string of the molecule is CN(CC(O)C(F)(F)F)C(=O)Nc1cccc(OC(F)F)c1. The first kappa shape index (κ1) is 18.0. The number of aliphatic hydroxyl groups is 1. The van der Waals surface area contributed by atoms with Crippen LogP contribution in [0.3, 0.4) is 0 Å². The van der Waals surface area contributed by atoms with Crippen molar-refractivity contribution in [1.82, 2.24) is 4.90 Å². The molecule has 0 aliphatic carbocycles. The lowest BCUT2D eigenvalue weighted by Gasteiger charge is -2.22. The Morgan fingerprint density at radius 1 is 1.41 bits per heavy atom. The number of ether oxygens (including phenoxy) is 1. The van der Waals surface area contributed by atoms with Gasteiger partial charge in [-0.15, -0.1) is 0 Å². The highest BCUT2D eigenvalue weighted by Gasteiger charge is 2.39. The number of anilines is 1. The van der Waals surface area contributed by atoms with Gasteiger partial charge in [-0.1, -0.05) is 6.07 Å². The summed E-state index contributed by atoms with van der Waals surface area (Å²) >= 11 is 0. The van der Waals surface area contributed by atoms with Gasteiger partial charge in [0.15, 0.2) is 6.10 Å². The van der Waals surface area contributed by atoms with Gasteiger partial charge in [-0.3, -0.25) is 0 Å². The Kier molecular flexibility index (Phi) is 5.92. The van der Waals surface area contributed by atoms with Gasteiger partial charge in [0.25, 0.3) is 0 Å². The fourth-order valence-corrected chi connectivity index (χ4v) is 1.41. The largest absolute Gasteiger partial charge is 0.435 e. The molecule has 0 bridgehead atoms. The molecule has 0 spiro atoms. The molecule has 5 nitrogen and oxygen atoms in total. The van der Waals surface area contributed by atoms with Gasteiger partial charge in [0.05, 0.1) is 6.54 Å². The second-order valence-corrected chi connectivity index (χ2v) is 4.27. The minimum Gasteiger partial charge on any atom is -0.435 e. The number of urea groups is 1. The van der Waals surface area contributed by atoms with Crippen LogP contribution in [0.5, 0.6) is 5.75 Å². The molecule has 0 heterocycles. The van der Waals surface area contributed by atoms with Crippen molar-refractivity contribution in [3.63, 3.8) is 0 Å². The second-order valence-electron chi connectivity index (χ2n) is 4.27. The van der Waals surface area contributed by atoms with E-state index in [1.54, 1.807) is 0 Å².